The van der Waals surface area contributed by atoms with Crippen LogP contribution in [-0.4, -0.2) is 11.1 Å². The Balaban J connectivity index is 1.44. The highest BCUT2D eigenvalue weighted by Gasteiger charge is 2.13. The number of ether oxygens (including phenoxy) is 1. The number of esters is 1. The molecule has 27 heavy (non-hydrogen) atoms. The Bertz CT molecular complexity index is 1140. The van der Waals surface area contributed by atoms with Crippen LogP contribution in [0.1, 0.15) is 11.3 Å². The van der Waals surface area contributed by atoms with E-state index in [0.29, 0.717) is 22.6 Å². The number of fused-ring (bicyclic) bond motifs is 1. The summed E-state index contributed by atoms with van der Waals surface area (Å²) in [5.74, 6) is 0.0605. The molecule has 0 fully saturated rings. The van der Waals surface area contributed by atoms with Gasteiger partial charge in [-0.05, 0) is 47.5 Å². The topological polar surface area (TPSA) is 76.1 Å². The number of hydrogen-bond donors (Lipinski definition) is 0. The average molecular weight is 354 g/mol. The fourth-order valence-electron chi connectivity index (χ4n) is 2.82. The van der Waals surface area contributed by atoms with Crippen molar-refractivity contribution in [2.24, 2.45) is 0 Å². The Labute approximate surface area is 155 Å². The van der Waals surface area contributed by atoms with Crippen LogP contribution in [0.4, 0.5) is 0 Å². The van der Waals surface area contributed by atoms with Crippen LogP contribution in [0.3, 0.4) is 0 Å². The number of hydrogen-bond acceptors (Lipinski definition) is 5. The van der Waals surface area contributed by atoms with Gasteiger partial charge in [-0.15, -0.1) is 0 Å². The highest BCUT2D eigenvalue weighted by molar-refractivity contribution is 5.84. The van der Waals surface area contributed by atoms with Crippen molar-refractivity contribution in [3.63, 3.8) is 0 Å². The number of carbonyl (C=O) groups is 1. The lowest BCUT2D eigenvalue weighted by Crippen LogP contribution is -2.11. The molecule has 1 heterocycles. The van der Waals surface area contributed by atoms with E-state index in [9.17, 15) is 4.79 Å². The van der Waals surface area contributed by atoms with Crippen molar-refractivity contribution in [1.29, 1.82) is 5.26 Å². The molecule has 5 nitrogen and oxygen atoms in total. The molecule has 0 aliphatic carbocycles. The molecule has 130 valence electrons. The van der Waals surface area contributed by atoms with Crippen molar-refractivity contribution in [3.8, 4) is 22.9 Å². The molecule has 3 aromatic carbocycles. The van der Waals surface area contributed by atoms with Crippen LogP contribution >= 0.6 is 0 Å². The van der Waals surface area contributed by atoms with E-state index < -0.39 is 5.97 Å². The monoisotopic (exact) mass is 354 g/mol. The van der Waals surface area contributed by atoms with Crippen molar-refractivity contribution in [2.45, 2.75) is 6.42 Å². The molecule has 0 saturated carbocycles. The summed E-state index contributed by atoms with van der Waals surface area (Å²) in [6, 6.07) is 24.0. The molecule has 0 radical (unpaired) electrons. The van der Waals surface area contributed by atoms with E-state index in [2.05, 4.69) is 11.2 Å². The highest BCUT2D eigenvalue weighted by atomic mass is 16.5. The molecule has 0 aliphatic rings. The van der Waals surface area contributed by atoms with E-state index in [0.717, 1.165) is 16.5 Å². The maximum absolute atomic E-state index is 12.2. The zero-order valence-corrected chi connectivity index (χ0v) is 14.3. The Kier molecular flexibility index (Phi) is 4.38. The van der Waals surface area contributed by atoms with Gasteiger partial charge in [-0.25, -0.2) is 0 Å². The molecule has 0 aliphatic heterocycles. The van der Waals surface area contributed by atoms with Gasteiger partial charge >= 0.3 is 5.97 Å². The van der Waals surface area contributed by atoms with E-state index in [1.54, 1.807) is 30.3 Å². The predicted octanol–water partition coefficient (Wildman–Crippen LogP) is 4.51. The van der Waals surface area contributed by atoms with E-state index in [1.165, 1.54) is 0 Å². The molecular weight excluding hydrogens is 340 g/mol. The summed E-state index contributed by atoms with van der Waals surface area (Å²) in [6.45, 7) is 0. The molecule has 4 rings (SSSR count). The number of para-hydroxylation sites is 1. The van der Waals surface area contributed by atoms with Crippen molar-refractivity contribution in [2.75, 3.05) is 0 Å². The van der Waals surface area contributed by atoms with E-state index in [1.807, 2.05) is 42.5 Å². The maximum Gasteiger partial charge on any atom is 0.317 e. The standard InChI is InChI=1S/C22H14N2O3/c23-14-15-5-7-16(8-6-15)17-9-11-18(12-10-17)26-22(25)13-20-19-3-1-2-4-21(19)27-24-20/h1-12H,13H2. The van der Waals surface area contributed by atoms with Crippen molar-refractivity contribution in [1.82, 2.24) is 5.16 Å². The van der Waals surface area contributed by atoms with Crippen molar-refractivity contribution < 1.29 is 14.1 Å². The molecule has 1 aromatic heterocycles. The van der Waals surface area contributed by atoms with Crippen LogP contribution in [0.5, 0.6) is 5.75 Å². The smallest absolute Gasteiger partial charge is 0.317 e. The molecule has 4 aromatic rings. The van der Waals surface area contributed by atoms with Crippen molar-refractivity contribution in [3.05, 3.63) is 84.1 Å². The van der Waals surface area contributed by atoms with Crippen LogP contribution in [-0.2, 0) is 11.2 Å². The van der Waals surface area contributed by atoms with Crippen LogP contribution in [0.2, 0.25) is 0 Å². The highest BCUT2D eigenvalue weighted by Crippen LogP contribution is 2.23. The number of nitrogens with zero attached hydrogens (tertiary/aromatic N) is 2. The molecule has 0 atom stereocenters. The van der Waals surface area contributed by atoms with E-state index in [-0.39, 0.29) is 6.42 Å². The predicted molar refractivity (Wildman–Crippen MR) is 99.9 cm³/mol. The normalized spacial score (nSPS) is 10.5. The minimum absolute atomic E-state index is 0.0361. The number of aromatic nitrogens is 1. The first kappa shape index (κ1) is 16.6. The summed E-state index contributed by atoms with van der Waals surface area (Å²) in [4.78, 5) is 12.2. The van der Waals surface area contributed by atoms with Gasteiger partial charge in [-0.3, -0.25) is 4.79 Å². The minimum Gasteiger partial charge on any atom is -0.426 e. The Morgan fingerprint density at radius 3 is 2.33 bits per heavy atom. The average Bonchev–Trinajstić information content (AvgIpc) is 3.11. The Hall–Kier alpha value is -3.91. The first-order valence-electron chi connectivity index (χ1n) is 8.37. The summed E-state index contributed by atoms with van der Waals surface area (Å²) >= 11 is 0. The van der Waals surface area contributed by atoms with E-state index in [4.69, 9.17) is 14.5 Å². The second kappa shape index (κ2) is 7.14. The second-order valence-electron chi connectivity index (χ2n) is 5.99. The summed E-state index contributed by atoms with van der Waals surface area (Å²) in [6.07, 6.45) is 0.0361. The lowest BCUT2D eigenvalue weighted by Gasteiger charge is -2.06. The van der Waals surface area contributed by atoms with Crippen LogP contribution in [0.15, 0.2) is 77.3 Å². The van der Waals surface area contributed by atoms with Gasteiger partial charge in [0, 0.05) is 5.39 Å². The van der Waals surface area contributed by atoms with Gasteiger partial charge in [-0.1, -0.05) is 41.6 Å². The number of nitriles is 1. The Morgan fingerprint density at radius 2 is 1.63 bits per heavy atom. The minimum atomic E-state index is -0.403. The van der Waals surface area contributed by atoms with Gasteiger partial charge in [0.1, 0.15) is 11.4 Å². The van der Waals surface area contributed by atoms with Gasteiger partial charge in [0.05, 0.1) is 18.1 Å². The lowest BCUT2D eigenvalue weighted by molar-refractivity contribution is -0.133. The molecule has 0 amide bonds. The van der Waals surface area contributed by atoms with Gasteiger partial charge in [-0.2, -0.15) is 5.26 Å². The third kappa shape index (κ3) is 3.55. The van der Waals surface area contributed by atoms with Gasteiger partial charge in [0.2, 0.25) is 0 Å². The molecular formula is C22H14N2O3. The SMILES string of the molecule is N#Cc1ccc(-c2ccc(OC(=O)Cc3noc4ccccc34)cc2)cc1. The zero-order chi connectivity index (χ0) is 18.6. The van der Waals surface area contributed by atoms with Crippen LogP contribution < -0.4 is 4.74 Å². The zero-order valence-electron chi connectivity index (χ0n) is 14.3. The summed E-state index contributed by atoms with van der Waals surface area (Å²) in [5.41, 5.74) is 3.78. The summed E-state index contributed by atoms with van der Waals surface area (Å²) in [5, 5.41) is 13.6. The fourth-order valence-corrected chi connectivity index (χ4v) is 2.82. The van der Waals surface area contributed by atoms with Gasteiger partial charge in [0.25, 0.3) is 0 Å². The molecule has 0 unspecified atom stereocenters. The van der Waals surface area contributed by atoms with Gasteiger partial charge in [0.15, 0.2) is 5.58 Å². The third-order valence-electron chi connectivity index (χ3n) is 4.20. The molecule has 0 saturated heterocycles. The van der Waals surface area contributed by atoms with Crippen molar-refractivity contribution >= 4 is 16.9 Å². The summed E-state index contributed by atoms with van der Waals surface area (Å²) < 4.78 is 10.6. The largest absolute Gasteiger partial charge is 0.426 e. The number of benzene rings is 3. The first-order chi connectivity index (χ1) is 13.2. The van der Waals surface area contributed by atoms with Crippen LogP contribution in [0, 0.1) is 11.3 Å². The summed E-state index contributed by atoms with van der Waals surface area (Å²) in [7, 11) is 0. The third-order valence-corrected chi connectivity index (χ3v) is 4.20. The van der Waals surface area contributed by atoms with Gasteiger partial charge < -0.3 is 9.26 Å². The second-order valence-corrected chi connectivity index (χ2v) is 5.99. The quantitative estimate of drug-likeness (QED) is 0.398. The first-order valence-corrected chi connectivity index (χ1v) is 8.37. The Morgan fingerprint density at radius 1 is 0.963 bits per heavy atom. The van der Waals surface area contributed by atoms with E-state index >= 15 is 0 Å². The molecule has 5 heteroatoms. The number of carbonyl (C=O) groups excluding carboxylic acids is 1. The molecule has 0 spiro atoms. The lowest BCUT2D eigenvalue weighted by atomic mass is 10.0. The molecule has 0 bridgehead atoms. The molecule has 0 N–H and O–H groups in total. The maximum atomic E-state index is 12.2. The van der Waals surface area contributed by atoms with Crippen LogP contribution in [0.25, 0.3) is 22.1 Å². The number of rotatable bonds is 4. The fraction of sp³-hybridized carbons (Fsp3) is 0.0455.